The van der Waals surface area contributed by atoms with Crippen LogP contribution in [0.5, 0.6) is 0 Å². The number of hydrogen-bond acceptors (Lipinski definition) is 11. The molecule has 2 aliphatic heterocycles. The minimum Gasteiger partial charge on any atom is -0.477 e. The summed E-state index contributed by atoms with van der Waals surface area (Å²) in [5.41, 5.74) is 0. The monoisotopic (exact) mass is 413 g/mol. The normalized spacial score (nSPS) is 24.4. The molecule has 0 aromatic heterocycles. The van der Waals surface area contributed by atoms with Crippen LogP contribution in [0.15, 0.2) is 16.8 Å². The summed E-state index contributed by atoms with van der Waals surface area (Å²) in [4.78, 5) is 50.9. The number of fused-ring (bicyclic) bond motifs is 1. The summed E-state index contributed by atoms with van der Waals surface area (Å²) in [5.74, 6) is -2.63. The lowest BCUT2D eigenvalue weighted by atomic mass is 9.94. The van der Waals surface area contributed by atoms with Gasteiger partial charge in [0, 0.05) is 33.8 Å². The quantitative estimate of drug-likeness (QED) is 0.416. The number of nitrogens with zero attached hydrogens (tertiary/aromatic N) is 1. The van der Waals surface area contributed by atoms with Gasteiger partial charge in [-0.3, -0.25) is 14.4 Å². The van der Waals surface area contributed by atoms with E-state index in [1.807, 2.05) is 0 Å². The van der Waals surface area contributed by atoms with Crippen molar-refractivity contribution in [1.82, 2.24) is 0 Å². The highest BCUT2D eigenvalue weighted by Gasteiger charge is 2.50. The van der Waals surface area contributed by atoms with Crippen LogP contribution >= 0.6 is 0 Å². The summed E-state index contributed by atoms with van der Waals surface area (Å²) < 4.78 is 31.5. The molecule has 5 atom stereocenters. The van der Waals surface area contributed by atoms with Gasteiger partial charge in [0.05, 0.1) is 7.11 Å². The Balaban J connectivity index is 2.42. The van der Waals surface area contributed by atoms with Crippen LogP contribution in [0.3, 0.4) is 0 Å². The molecular formula is C18H23NO10. The Morgan fingerprint density at radius 1 is 1.07 bits per heavy atom. The molecule has 29 heavy (non-hydrogen) atoms. The van der Waals surface area contributed by atoms with Crippen molar-refractivity contribution in [2.45, 2.75) is 58.2 Å². The first kappa shape index (κ1) is 22.2. The maximum absolute atomic E-state index is 12.0. The van der Waals surface area contributed by atoms with Gasteiger partial charge in [-0.15, -0.1) is 0 Å². The molecule has 0 N–H and O–H groups in total. The molecule has 11 heteroatoms. The van der Waals surface area contributed by atoms with Crippen LogP contribution in [0.1, 0.15) is 27.7 Å². The Bertz CT molecular complexity index is 743. The third kappa shape index (κ3) is 5.69. The van der Waals surface area contributed by atoms with Gasteiger partial charge in [0.2, 0.25) is 5.76 Å². The molecule has 0 saturated carbocycles. The van der Waals surface area contributed by atoms with Crippen LogP contribution in [0.25, 0.3) is 0 Å². The molecule has 2 heterocycles. The van der Waals surface area contributed by atoms with E-state index in [1.165, 1.54) is 20.1 Å². The average molecular weight is 413 g/mol. The first-order chi connectivity index (χ1) is 13.6. The first-order valence-electron chi connectivity index (χ1n) is 8.78. The summed E-state index contributed by atoms with van der Waals surface area (Å²) in [6.45, 7) is 4.70. The van der Waals surface area contributed by atoms with Gasteiger partial charge in [0.15, 0.2) is 24.2 Å². The Morgan fingerprint density at radius 3 is 2.28 bits per heavy atom. The van der Waals surface area contributed by atoms with Crippen LogP contribution in [0.4, 0.5) is 0 Å². The van der Waals surface area contributed by atoms with Crippen LogP contribution in [-0.4, -0.2) is 73.9 Å². The van der Waals surface area contributed by atoms with Gasteiger partial charge < -0.3 is 28.4 Å². The minimum atomic E-state index is -1.25. The number of methoxy groups -OCH3 is 1. The molecule has 0 spiro atoms. The van der Waals surface area contributed by atoms with Crippen molar-refractivity contribution in [3.05, 3.63) is 11.8 Å². The predicted octanol–water partition coefficient (Wildman–Crippen LogP) is 0.0544. The molecule has 2 aliphatic rings. The fraction of sp³-hybridized carbons (Fsp3) is 0.611. The number of carbonyl (C=O) groups excluding carboxylic acids is 4. The van der Waals surface area contributed by atoms with Crippen LogP contribution in [-0.2, 0) is 47.6 Å². The van der Waals surface area contributed by atoms with Crippen molar-refractivity contribution >= 4 is 29.8 Å². The standard InChI is InChI=1S/C18H23NO10/c1-8-19-15-12(26-8)6-13(18(23)24-5)29-17(15)16(28-11(4)22)14(27-10(3)21)7-25-9(2)20/h6,12,14-17H,7H2,1-5H3/t12-,14-,15-,16+,17-/m1/s1. The maximum atomic E-state index is 12.0. The first-order valence-corrected chi connectivity index (χ1v) is 8.78. The zero-order valence-corrected chi connectivity index (χ0v) is 16.7. The minimum absolute atomic E-state index is 0.171. The van der Waals surface area contributed by atoms with Gasteiger partial charge in [-0.2, -0.15) is 0 Å². The van der Waals surface area contributed by atoms with Crippen LogP contribution < -0.4 is 0 Å². The molecule has 0 unspecified atom stereocenters. The Morgan fingerprint density at radius 2 is 1.72 bits per heavy atom. The highest BCUT2D eigenvalue weighted by molar-refractivity contribution is 5.87. The summed E-state index contributed by atoms with van der Waals surface area (Å²) in [7, 11) is 1.18. The molecule has 0 fully saturated rings. The Kier molecular flexibility index (Phi) is 7.18. The van der Waals surface area contributed by atoms with E-state index in [9.17, 15) is 19.2 Å². The highest BCUT2D eigenvalue weighted by atomic mass is 16.6. The molecule has 11 nitrogen and oxygen atoms in total. The number of esters is 4. The van der Waals surface area contributed by atoms with Crippen molar-refractivity contribution < 1.29 is 47.6 Å². The van der Waals surface area contributed by atoms with Crippen LogP contribution in [0, 0.1) is 0 Å². The van der Waals surface area contributed by atoms with E-state index in [0.717, 1.165) is 13.8 Å². The van der Waals surface area contributed by atoms with Crippen LogP contribution in [0.2, 0.25) is 0 Å². The number of aliphatic imine (C=N–C) groups is 1. The summed E-state index contributed by atoms with van der Waals surface area (Å²) in [6.07, 6.45) is -2.83. The SMILES string of the molecule is COC(=O)C1=C[C@H]2OC(C)=N[C@H]2[C@H]([C@@H](OC(C)=O)[C@@H](COC(C)=O)OC(C)=O)O1. The van der Waals surface area contributed by atoms with E-state index >= 15 is 0 Å². The van der Waals surface area contributed by atoms with Crippen molar-refractivity contribution in [2.24, 2.45) is 4.99 Å². The average Bonchev–Trinajstić information content (AvgIpc) is 3.01. The second-order valence-electron chi connectivity index (χ2n) is 6.35. The van der Waals surface area contributed by atoms with E-state index in [0.29, 0.717) is 5.90 Å². The second-order valence-corrected chi connectivity index (χ2v) is 6.35. The molecule has 0 aliphatic carbocycles. The lowest BCUT2D eigenvalue weighted by Gasteiger charge is -2.37. The van der Waals surface area contributed by atoms with E-state index in [-0.39, 0.29) is 5.76 Å². The third-order valence-electron chi connectivity index (χ3n) is 4.04. The number of rotatable bonds is 7. The third-order valence-corrected chi connectivity index (χ3v) is 4.04. The Labute approximate surface area is 166 Å². The van der Waals surface area contributed by atoms with E-state index in [4.69, 9.17) is 28.4 Å². The molecule has 160 valence electrons. The molecule has 0 aromatic rings. The fourth-order valence-corrected chi connectivity index (χ4v) is 3.01. The van der Waals surface area contributed by atoms with Crippen molar-refractivity contribution in [3.63, 3.8) is 0 Å². The Hall–Kier alpha value is -3.11. The highest BCUT2D eigenvalue weighted by Crippen LogP contribution is 2.32. The molecule has 0 radical (unpaired) electrons. The van der Waals surface area contributed by atoms with E-state index in [2.05, 4.69) is 4.99 Å². The zero-order valence-electron chi connectivity index (χ0n) is 16.7. The van der Waals surface area contributed by atoms with Gasteiger partial charge in [-0.25, -0.2) is 9.79 Å². The van der Waals surface area contributed by atoms with Gasteiger partial charge in [-0.05, 0) is 0 Å². The smallest absolute Gasteiger partial charge is 0.373 e. The molecule has 0 aromatic carbocycles. The topological polar surface area (TPSA) is 136 Å². The van der Waals surface area contributed by atoms with Gasteiger partial charge in [0.1, 0.15) is 18.8 Å². The molecule has 0 saturated heterocycles. The molecule has 2 rings (SSSR count). The molecular weight excluding hydrogens is 390 g/mol. The largest absolute Gasteiger partial charge is 0.477 e. The zero-order chi connectivity index (χ0) is 21.7. The van der Waals surface area contributed by atoms with Gasteiger partial charge in [0.25, 0.3) is 0 Å². The van der Waals surface area contributed by atoms with Crippen molar-refractivity contribution in [1.29, 1.82) is 0 Å². The van der Waals surface area contributed by atoms with Crippen molar-refractivity contribution in [2.75, 3.05) is 13.7 Å². The summed E-state index contributed by atoms with van der Waals surface area (Å²) in [5, 5.41) is 0. The van der Waals surface area contributed by atoms with Gasteiger partial charge in [-0.1, -0.05) is 0 Å². The fourth-order valence-electron chi connectivity index (χ4n) is 3.01. The molecule has 0 amide bonds. The second kappa shape index (κ2) is 9.39. The maximum Gasteiger partial charge on any atom is 0.373 e. The number of hydrogen-bond donors (Lipinski definition) is 0. The van der Waals surface area contributed by atoms with Gasteiger partial charge >= 0.3 is 23.9 Å². The summed E-state index contributed by atoms with van der Waals surface area (Å²) >= 11 is 0. The molecule has 0 bridgehead atoms. The number of carbonyl (C=O) groups is 4. The lowest BCUT2D eigenvalue weighted by molar-refractivity contribution is -0.187. The number of ether oxygens (including phenoxy) is 6. The predicted molar refractivity (Wildman–Crippen MR) is 94.5 cm³/mol. The lowest BCUT2D eigenvalue weighted by Crippen LogP contribution is -2.54. The van der Waals surface area contributed by atoms with E-state index in [1.54, 1.807) is 6.92 Å². The summed E-state index contributed by atoms with van der Waals surface area (Å²) in [6, 6.07) is -0.705. The van der Waals surface area contributed by atoms with E-state index < -0.39 is 60.9 Å². The van der Waals surface area contributed by atoms with Crippen molar-refractivity contribution in [3.8, 4) is 0 Å².